The number of hydrogen-bond acceptors (Lipinski definition) is 5. The molecule has 1 N–H and O–H groups in total. The number of ether oxygens (including phenoxy) is 2. The van der Waals surface area contributed by atoms with Crippen LogP contribution in [0.5, 0.6) is 0 Å². The van der Waals surface area contributed by atoms with Crippen LogP contribution in [0.1, 0.15) is 31.1 Å². The standard InChI is InChI=1S/C15H20N2O5/c1-4-21-14(19)16-17(15(20)22-5-2)11(3)13(18)12-9-7-6-8-10-12/h6-11H,4-5H2,1-3H3,(H,16,19)/t11-/m0/s1. The van der Waals surface area contributed by atoms with E-state index in [2.05, 4.69) is 5.43 Å². The first-order valence-corrected chi connectivity index (χ1v) is 6.99. The summed E-state index contributed by atoms with van der Waals surface area (Å²) in [6, 6.07) is 7.53. The number of nitrogens with zero attached hydrogens (tertiary/aromatic N) is 1. The molecule has 0 saturated carbocycles. The Bertz CT molecular complexity index is 518. The van der Waals surface area contributed by atoms with Gasteiger partial charge in [0.15, 0.2) is 5.78 Å². The van der Waals surface area contributed by atoms with Crippen LogP contribution in [0.2, 0.25) is 0 Å². The highest BCUT2D eigenvalue weighted by atomic mass is 16.6. The first-order chi connectivity index (χ1) is 10.5. The maximum atomic E-state index is 12.4. The molecular formula is C15H20N2O5. The number of rotatable bonds is 5. The van der Waals surface area contributed by atoms with E-state index in [1.165, 1.54) is 6.92 Å². The Morgan fingerprint density at radius 2 is 1.68 bits per heavy atom. The SMILES string of the molecule is CCOC(=O)NN(C(=O)OCC)[C@@H](C)C(=O)c1ccccc1. The van der Waals surface area contributed by atoms with Gasteiger partial charge in [-0.25, -0.2) is 20.0 Å². The van der Waals surface area contributed by atoms with E-state index in [1.807, 2.05) is 0 Å². The van der Waals surface area contributed by atoms with E-state index in [0.29, 0.717) is 5.56 Å². The van der Waals surface area contributed by atoms with E-state index in [1.54, 1.807) is 44.2 Å². The highest BCUT2D eigenvalue weighted by Gasteiger charge is 2.29. The summed E-state index contributed by atoms with van der Waals surface area (Å²) in [5, 5.41) is 0.830. The van der Waals surface area contributed by atoms with Gasteiger partial charge < -0.3 is 9.47 Å². The molecule has 120 valence electrons. The van der Waals surface area contributed by atoms with Gasteiger partial charge in [0.05, 0.1) is 13.2 Å². The number of carbonyl (C=O) groups excluding carboxylic acids is 3. The fourth-order valence-electron chi connectivity index (χ4n) is 1.72. The summed E-state index contributed by atoms with van der Waals surface area (Å²) in [5.74, 6) is -0.328. The lowest BCUT2D eigenvalue weighted by molar-refractivity contribution is 0.0515. The van der Waals surface area contributed by atoms with Crippen LogP contribution >= 0.6 is 0 Å². The monoisotopic (exact) mass is 308 g/mol. The predicted octanol–water partition coefficient (Wildman–Crippen LogP) is 2.38. The van der Waals surface area contributed by atoms with Crippen molar-refractivity contribution >= 4 is 18.0 Å². The Morgan fingerprint density at radius 1 is 1.09 bits per heavy atom. The molecule has 1 aromatic carbocycles. The highest BCUT2D eigenvalue weighted by molar-refractivity contribution is 6.01. The molecular weight excluding hydrogens is 288 g/mol. The molecule has 0 aromatic heterocycles. The van der Waals surface area contributed by atoms with Crippen molar-refractivity contribution in [2.45, 2.75) is 26.8 Å². The van der Waals surface area contributed by atoms with Crippen molar-refractivity contribution in [2.75, 3.05) is 13.2 Å². The zero-order valence-corrected chi connectivity index (χ0v) is 12.9. The van der Waals surface area contributed by atoms with Gasteiger partial charge in [-0.05, 0) is 20.8 Å². The predicted molar refractivity (Wildman–Crippen MR) is 79.3 cm³/mol. The van der Waals surface area contributed by atoms with Crippen molar-refractivity contribution in [3.8, 4) is 0 Å². The number of hydrogen-bond donors (Lipinski definition) is 1. The number of Topliss-reactive ketones (excluding diaryl/α,β-unsaturated/α-hetero) is 1. The maximum absolute atomic E-state index is 12.4. The molecule has 2 amide bonds. The van der Waals surface area contributed by atoms with E-state index >= 15 is 0 Å². The molecule has 7 nitrogen and oxygen atoms in total. The molecule has 0 aliphatic rings. The number of hydrazine groups is 1. The van der Waals surface area contributed by atoms with Crippen LogP contribution < -0.4 is 5.43 Å². The molecule has 0 bridgehead atoms. The van der Waals surface area contributed by atoms with Gasteiger partial charge in [-0.15, -0.1) is 0 Å². The zero-order valence-electron chi connectivity index (χ0n) is 12.9. The molecule has 1 aromatic rings. The van der Waals surface area contributed by atoms with Crippen molar-refractivity contribution in [1.29, 1.82) is 0 Å². The fourth-order valence-corrected chi connectivity index (χ4v) is 1.72. The fraction of sp³-hybridized carbons (Fsp3) is 0.400. The van der Waals surface area contributed by atoms with Gasteiger partial charge >= 0.3 is 12.2 Å². The average molecular weight is 308 g/mol. The van der Waals surface area contributed by atoms with Gasteiger partial charge in [-0.1, -0.05) is 30.3 Å². The van der Waals surface area contributed by atoms with Crippen LogP contribution in [0.4, 0.5) is 9.59 Å². The third kappa shape index (κ3) is 4.76. The third-order valence-corrected chi connectivity index (χ3v) is 2.78. The molecule has 7 heteroatoms. The van der Waals surface area contributed by atoms with Gasteiger partial charge in [-0.2, -0.15) is 0 Å². The molecule has 0 heterocycles. The molecule has 0 aliphatic carbocycles. The summed E-state index contributed by atoms with van der Waals surface area (Å²) in [4.78, 5) is 35.9. The Morgan fingerprint density at radius 3 is 2.23 bits per heavy atom. The maximum Gasteiger partial charge on any atom is 0.429 e. The van der Waals surface area contributed by atoms with Gasteiger partial charge in [-0.3, -0.25) is 4.79 Å². The third-order valence-electron chi connectivity index (χ3n) is 2.78. The summed E-state index contributed by atoms with van der Waals surface area (Å²) < 4.78 is 9.58. The average Bonchev–Trinajstić information content (AvgIpc) is 2.52. The number of benzene rings is 1. The van der Waals surface area contributed by atoms with Crippen LogP contribution in [0.25, 0.3) is 0 Å². The van der Waals surface area contributed by atoms with Crippen molar-refractivity contribution in [1.82, 2.24) is 10.4 Å². The van der Waals surface area contributed by atoms with Crippen LogP contribution in [0.3, 0.4) is 0 Å². The van der Waals surface area contributed by atoms with Gasteiger partial charge in [0, 0.05) is 5.56 Å². The van der Waals surface area contributed by atoms with Crippen LogP contribution in [0, 0.1) is 0 Å². The molecule has 0 aliphatic heterocycles. The first-order valence-electron chi connectivity index (χ1n) is 6.99. The minimum Gasteiger partial charge on any atom is -0.449 e. The van der Waals surface area contributed by atoms with E-state index in [4.69, 9.17) is 9.47 Å². The summed E-state index contributed by atoms with van der Waals surface area (Å²) in [5.41, 5.74) is 2.66. The minimum atomic E-state index is -0.939. The largest absolute Gasteiger partial charge is 0.449 e. The lowest BCUT2D eigenvalue weighted by atomic mass is 10.1. The normalized spacial score (nSPS) is 11.2. The topological polar surface area (TPSA) is 84.9 Å². The molecule has 0 radical (unpaired) electrons. The van der Waals surface area contributed by atoms with Gasteiger partial charge in [0.1, 0.15) is 6.04 Å². The van der Waals surface area contributed by atoms with Crippen molar-refractivity contribution < 1.29 is 23.9 Å². The van der Waals surface area contributed by atoms with Gasteiger partial charge in [0.25, 0.3) is 0 Å². The zero-order chi connectivity index (χ0) is 16.5. The number of ketones is 1. The Labute approximate surface area is 129 Å². The molecule has 0 fully saturated rings. The second-order valence-electron chi connectivity index (χ2n) is 4.31. The molecule has 0 unspecified atom stereocenters. The van der Waals surface area contributed by atoms with Gasteiger partial charge in [0.2, 0.25) is 0 Å². The summed E-state index contributed by atoms with van der Waals surface area (Å²) in [6.45, 7) is 5.02. The Balaban J connectivity index is 2.91. The summed E-state index contributed by atoms with van der Waals surface area (Å²) >= 11 is 0. The van der Waals surface area contributed by atoms with Crippen molar-refractivity contribution in [3.63, 3.8) is 0 Å². The number of amides is 2. The molecule has 1 rings (SSSR count). The van der Waals surface area contributed by atoms with E-state index in [-0.39, 0.29) is 19.0 Å². The second-order valence-corrected chi connectivity index (χ2v) is 4.31. The van der Waals surface area contributed by atoms with E-state index in [9.17, 15) is 14.4 Å². The molecule has 1 atom stereocenters. The van der Waals surface area contributed by atoms with E-state index in [0.717, 1.165) is 5.01 Å². The number of carbonyl (C=O) groups is 3. The molecule has 0 saturated heterocycles. The Hall–Kier alpha value is -2.57. The smallest absolute Gasteiger partial charge is 0.429 e. The summed E-state index contributed by atoms with van der Waals surface area (Å²) in [6.07, 6.45) is -1.66. The number of nitrogens with one attached hydrogen (secondary N) is 1. The van der Waals surface area contributed by atoms with Crippen LogP contribution in [-0.2, 0) is 9.47 Å². The van der Waals surface area contributed by atoms with E-state index < -0.39 is 18.2 Å². The van der Waals surface area contributed by atoms with Crippen LogP contribution in [-0.4, -0.2) is 42.2 Å². The lowest BCUT2D eigenvalue weighted by Gasteiger charge is -2.27. The molecule has 0 spiro atoms. The highest BCUT2D eigenvalue weighted by Crippen LogP contribution is 2.09. The van der Waals surface area contributed by atoms with Crippen molar-refractivity contribution in [2.24, 2.45) is 0 Å². The quantitative estimate of drug-likeness (QED) is 0.667. The molecule has 22 heavy (non-hydrogen) atoms. The van der Waals surface area contributed by atoms with Crippen molar-refractivity contribution in [3.05, 3.63) is 35.9 Å². The second kappa shape index (κ2) is 8.66. The summed E-state index contributed by atoms with van der Waals surface area (Å²) in [7, 11) is 0. The lowest BCUT2D eigenvalue weighted by Crippen LogP contribution is -2.54. The first kappa shape index (κ1) is 17.5. The Kier molecular flexibility index (Phi) is 6.88. The minimum absolute atomic E-state index is 0.117. The van der Waals surface area contributed by atoms with Crippen LogP contribution in [0.15, 0.2) is 30.3 Å².